The molecule has 1 aliphatic carbocycles. The van der Waals surface area contributed by atoms with Gasteiger partial charge in [-0.3, -0.25) is 14.8 Å². The van der Waals surface area contributed by atoms with Crippen LogP contribution in [0.5, 0.6) is 0 Å². The molecule has 43 heavy (non-hydrogen) atoms. The second-order valence-electron chi connectivity index (χ2n) is 12.6. The summed E-state index contributed by atoms with van der Waals surface area (Å²) in [7, 11) is 0. The van der Waals surface area contributed by atoms with E-state index in [9.17, 15) is 9.90 Å². The Hall–Kier alpha value is -2.88. The Labute approximate surface area is 271 Å². The van der Waals surface area contributed by atoms with Gasteiger partial charge in [0.1, 0.15) is 0 Å². The Balaban J connectivity index is 0.000000274. The number of aliphatic hydroxyl groups is 1. The van der Waals surface area contributed by atoms with Gasteiger partial charge in [-0.1, -0.05) is 90.1 Å². The Morgan fingerprint density at radius 3 is 2.23 bits per heavy atom. The minimum Gasteiger partial charge on any atom is -0.512 e. The molecule has 0 fully saturated rings. The maximum absolute atomic E-state index is 11.7. The molecule has 1 aliphatic rings. The SMILES string of the molecule is CC(C)Cc1cc2c3c(nccc3n1)-c1[c-]c3ccccc3cc1C2(C)C.CCC(CC)C(=O)/C=C(\O)C(CC)CC.[Ir]. The van der Waals surface area contributed by atoms with Crippen molar-refractivity contribution in [1.29, 1.82) is 0 Å². The number of allylic oxidation sites excluding steroid dienone is 2. The molecule has 4 nitrogen and oxygen atoms in total. The average molecular weight is 756 g/mol. The van der Waals surface area contributed by atoms with Gasteiger partial charge in [0.2, 0.25) is 0 Å². The van der Waals surface area contributed by atoms with Crippen LogP contribution in [-0.4, -0.2) is 20.9 Å². The molecule has 4 aromatic rings. The molecule has 2 heterocycles. The molecule has 1 N–H and O–H groups in total. The number of ketones is 1. The number of hydrogen-bond donors (Lipinski definition) is 1. The second-order valence-corrected chi connectivity index (χ2v) is 12.6. The molecule has 5 rings (SSSR count). The number of fused-ring (bicyclic) bond motifs is 3. The fourth-order valence-corrected chi connectivity index (χ4v) is 6.21. The fraction of sp³-hybridized carbons (Fsp3) is 0.447. The molecule has 1 radical (unpaired) electrons. The number of pyridine rings is 2. The quantitative estimate of drug-likeness (QED) is 0.105. The third-order valence-corrected chi connectivity index (χ3v) is 8.85. The van der Waals surface area contributed by atoms with Crippen LogP contribution in [0.4, 0.5) is 0 Å². The predicted octanol–water partition coefficient (Wildman–Crippen LogP) is 9.96. The molecule has 2 aromatic heterocycles. The van der Waals surface area contributed by atoms with Crippen molar-refractivity contribution in [1.82, 2.24) is 9.97 Å². The second kappa shape index (κ2) is 14.7. The molecule has 0 amide bonds. The number of carbonyl (C=O) groups is 1. The van der Waals surface area contributed by atoms with E-state index >= 15 is 0 Å². The number of hydrogen-bond acceptors (Lipinski definition) is 4. The zero-order valence-corrected chi connectivity index (χ0v) is 29.4. The third-order valence-electron chi connectivity index (χ3n) is 8.85. The van der Waals surface area contributed by atoms with Crippen LogP contribution in [0, 0.1) is 23.8 Å². The van der Waals surface area contributed by atoms with Gasteiger partial charge in [0.25, 0.3) is 0 Å². The molecule has 2 aromatic carbocycles. The minimum atomic E-state index is -0.112. The van der Waals surface area contributed by atoms with Gasteiger partial charge in [0, 0.05) is 55.6 Å². The number of aromatic nitrogens is 2. The monoisotopic (exact) mass is 756 g/mol. The fourth-order valence-electron chi connectivity index (χ4n) is 6.21. The van der Waals surface area contributed by atoms with Crippen molar-refractivity contribution in [2.75, 3.05) is 0 Å². The smallest absolute Gasteiger partial charge is 0.162 e. The first-order chi connectivity index (χ1) is 20.0. The first-order valence-corrected chi connectivity index (χ1v) is 15.7. The van der Waals surface area contributed by atoms with Gasteiger partial charge in [-0.25, -0.2) is 0 Å². The standard InChI is InChI=1S/C25H23N2.C13H24O2.Ir/c1-15(2)11-18-14-21-23-22(27-18)9-10-26-24(23)19-12-16-7-5-6-8-17(16)13-20(19)25(21,3)4;1-5-10(6-2)12(14)9-13(15)11(7-3)8-4;/h5-10,13-15H,11H2,1-4H3;9-11,14H,5-8H2,1-4H3;/q-1;;/b;12-9-;. The predicted molar refractivity (Wildman–Crippen MR) is 176 cm³/mol. The van der Waals surface area contributed by atoms with Crippen molar-refractivity contribution in [2.45, 2.75) is 92.9 Å². The van der Waals surface area contributed by atoms with E-state index in [1.807, 2.05) is 40.0 Å². The molecule has 0 aliphatic heterocycles. The van der Waals surface area contributed by atoms with E-state index in [4.69, 9.17) is 9.97 Å². The number of rotatable bonds is 9. The first-order valence-electron chi connectivity index (χ1n) is 15.7. The summed E-state index contributed by atoms with van der Waals surface area (Å²) in [5.41, 5.74) is 6.89. The molecule has 0 atom stereocenters. The molecule has 0 bridgehead atoms. The van der Waals surface area contributed by atoms with Crippen LogP contribution in [0.3, 0.4) is 0 Å². The number of nitrogens with zero attached hydrogens (tertiary/aromatic N) is 2. The Bertz CT molecular complexity index is 1600. The van der Waals surface area contributed by atoms with E-state index in [1.165, 1.54) is 33.7 Å². The normalized spacial score (nSPS) is 13.6. The van der Waals surface area contributed by atoms with Crippen LogP contribution in [0.15, 0.2) is 60.5 Å². The minimum absolute atomic E-state index is 0. The molecular formula is C38H47IrN2O2-. The molecule has 0 spiro atoms. The molecule has 0 unspecified atom stereocenters. The van der Waals surface area contributed by atoms with Crippen LogP contribution >= 0.6 is 0 Å². The molecular weight excluding hydrogens is 709 g/mol. The molecule has 0 saturated heterocycles. The molecule has 0 saturated carbocycles. The Kier molecular flexibility index (Phi) is 11.9. The Morgan fingerprint density at radius 1 is 0.953 bits per heavy atom. The van der Waals surface area contributed by atoms with E-state index in [2.05, 4.69) is 70.2 Å². The third kappa shape index (κ3) is 7.27. The van der Waals surface area contributed by atoms with Crippen molar-refractivity contribution >= 4 is 27.5 Å². The van der Waals surface area contributed by atoms with Crippen molar-refractivity contribution in [3.63, 3.8) is 0 Å². The number of benzene rings is 2. The molecule has 5 heteroatoms. The van der Waals surface area contributed by atoms with E-state index in [-0.39, 0.29) is 48.9 Å². The van der Waals surface area contributed by atoms with Crippen LogP contribution < -0.4 is 0 Å². The van der Waals surface area contributed by atoms with E-state index in [0.717, 1.165) is 54.3 Å². The van der Waals surface area contributed by atoms with E-state index in [0.29, 0.717) is 5.92 Å². The van der Waals surface area contributed by atoms with Gasteiger partial charge in [-0.15, -0.1) is 23.6 Å². The van der Waals surface area contributed by atoms with Crippen molar-refractivity contribution in [3.05, 3.63) is 83.4 Å². The summed E-state index contributed by atoms with van der Waals surface area (Å²) in [6.07, 6.45) is 7.79. The summed E-state index contributed by atoms with van der Waals surface area (Å²) in [6.45, 7) is 17.2. The zero-order valence-electron chi connectivity index (χ0n) is 27.0. The van der Waals surface area contributed by atoms with Crippen LogP contribution in [-0.2, 0) is 36.7 Å². The summed E-state index contributed by atoms with van der Waals surface area (Å²) in [6, 6.07) is 18.8. The largest absolute Gasteiger partial charge is 0.512 e. The Morgan fingerprint density at radius 2 is 1.60 bits per heavy atom. The van der Waals surface area contributed by atoms with Gasteiger partial charge < -0.3 is 5.11 Å². The number of carbonyl (C=O) groups excluding carboxylic acids is 1. The maximum Gasteiger partial charge on any atom is 0.162 e. The summed E-state index contributed by atoms with van der Waals surface area (Å²) >= 11 is 0. The van der Waals surface area contributed by atoms with Crippen molar-refractivity contribution in [3.8, 4) is 11.3 Å². The summed E-state index contributed by atoms with van der Waals surface area (Å²) in [5.74, 6) is 1.13. The van der Waals surface area contributed by atoms with E-state index < -0.39 is 0 Å². The number of aliphatic hydroxyl groups excluding tert-OH is 1. The van der Waals surface area contributed by atoms with Crippen molar-refractivity contribution in [2.24, 2.45) is 17.8 Å². The van der Waals surface area contributed by atoms with Gasteiger partial charge in [0.15, 0.2) is 5.78 Å². The van der Waals surface area contributed by atoms with Crippen LogP contribution in [0.2, 0.25) is 0 Å². The maximum atomic E-state index is 11.7. The summed E-state index contributed by atoms with van der Waals surface area (Å²) in [4.78, 5) is 21.5. The average Bonchev–Trinajstić information content (AvgIpc) is 2.96. The van der Waals surface area contributed by atoms with Crippen LogP contribution in [0.1, 0.15) is 97.9 Å². The van der Waals surface area contributed by atoms with Gasteiger partial charge in [-0.2, -0.15) is 0 Å². The van der Waals surface area contributed by atoms with Gasteiger partial charge >= 0.3 is 0 Å². The first kappa shape index (κ1) is 34.6. The van der Waals surface area contributed by atoms with E-state index in [1.54, 1.807) is 0 Å². The van der Waals surface area contributed by atoms with Crippen LogP contribution in [0.25, 0.3) is 32.9 Å². The van der Waals surface area contributed by atoms with Crippen molar-refractivity contribution < 1.29 is 30.0 Å². The zero-order chi connectivity index (χ0) is 30.6. The van der Waals surface area contributed by atoms with Gasteiger partial charge in [-0.05, 0) is 66.5 Å². The summed E-state index contributed by atoms with van der Waals surface area (Å²) < 4.78 is 0. The summed E-state index contributed by atoms with van der Waals surface area (Å²) in [5, 5.41) is 13.3. The molecule has 231 valence electrons. The topological polar surface area (TPSA) is 63.1 Å². The van der Waals surface area contributed by atoms with Gasteiger partial charge in [0.05, 0.1) is 11.3 Å².